The van der Waals surface area contributed by atoms with E-state index in [1.807, 2.05) is 41.5 Å². The van der Waals surface area contributed by atoms with E-state index >= 15 is 0 Å². The van der Waals surface area contributed by atoms with Crippen molar-refractivity contribution in [1.29, 1.82) is 0 Å². The van der Waals surface area contributed by atoms with Gasteiger partial charge >= 0.3 is 12.0 Å². The first-order valence-electron chi connectivity index (χ1n) is 9.94. The van der Waals surface area contributed by atoms with E-state index in [-0.39, 0.29) is 17.2 Å². The topological polar surface area (TPSA) is 87.7 Å². The molecular formula is C21H39N3O4. The highest BCUT2D eigenvalue weighted by Gasteiger charge is 2.47. The normalized spacial score (nSPS) is 21.9. The highest BCUT2D eigenvalue weighted by atomic mass is 16.5. The number of hydrogen-bond acceptors (Lipinski definition) is 4. The molecule has 1 rings (SSSR count). The number of urea groups is 1. The number of hydrogen-bond donors (Lipinski definition) is 2. The Morgan fingerprint density at radius 2 is 1.54 bits per heavy atom. The fourth-order valence-electron chi connectivity index (χ4n) is 3.39. The van der Waals surface area contributed by atoms with Crippen molar-refractivity contribution in [2.75, 3.05) is 13.7 Å². The van der Waals surface area contributed by atoms with Crippen molar-refractivity contribution in [3.63, 3.8) is 0 Å². The van der Waals surface area contributed by atoms with Crippen LogP contribution in [0.5, 0.6) is 0 Å². The zero-order valence-electron chi connectivity index (χ0n) is 19.2. The Morgan fingerprint density at radius 1 is 1.00 bits per heavy atom. The largest absolute Gasteiger partial charge is 0.467 e. The summed E-state index contributed by atoms with van der Waals surface area (Å²) < 4.78 is 4.96. The van der Waals surface area contributed by atoms with Crippen LogP contribution in [0.25, 0.3) is 0 Å². The summed E-state index contributed by atoms with van der Waals surface area (Å²) in [6.07, 6.45) is 0.562. The standard InChI is InChI=1S/C21H39N3O4/c1-19(2,3)13-11-14(17(26)28-10)24(12-13)16(25)15(20(4,5)6)22-18(27)23-21(7,8)9/h13-15H,11-12H2,1-10H3,(H2,22,23,27)/t13?,14-,15+/m0/s1. The van der Waals surface area contributed by atoms with E-state index in [9.17, 15) is 14.4 Å². The van der Waals surface area contributed by atoms with Crippen molar-refractivity contribution >= 4 is 17.9 Å². The SMILES string of the molecule is COC(=O)[C@@H]1CC(C(C)(C)C)CN1C(=O)[C@@H](NC(=O)NC(C)(C)C)C(C)(C)C. The lowest BCUT2D eigenvalue weighted by Crippen LogP contribution is -2.60. The number of likely N-dealkylation sites (tertiary alicyclic amines) is 1. The number of ether oxygens (including phenoxy) is 1. The number of carbonyl (C=O) groups is 3. The first-order valence-corrected chi connectivity index (χ1v) is 9.94. The lowest BCUT2D eigenvalue weighted by atomic mass is 9.79. The Morgan fingerprint density at radius 3 is 1.93 bits per heavy atom. The molecule has 0 aromatic heterocycles. The molecule has 162 valence electrons. The highest BCUT2D eigenvalue weighted by Crippen LogP contribution is 2.38. The van der Waals surface area contributed by atoms with E-state index in [0.717, 1.165) is 0 Å². The average molecular weight is 398 g/mol. The van der Waals surface area contributed by atoms with Crippen molar-refractivity contribution in [3.05, 3.63) is 0 Å². The van der Waals surface area contributed by atoms with Crippen molar-refractivity contribution in [1.82, 2.24) is 15.5 Å². The molecule has 3 atom stereocenters. The van der Waals surface area contributed by atoms with E-state index in [0.29, 0.717) is 13.0 Å². The Hall–Kier alpha value is -1.79. The molecule has 28 heavy (non-hydrogen) atoms. The summed E-state index contributed by atoms with van der Waals surface area (Å²) in [6.45, 7) is 18.1. The van der Waals surface area contributed by atoms with Crippen LogP contribution in [0.1, 0.15) is 68.7 Å². The summed E-state index contributed by atoms with van der Waals surface area (Å²) in [6, 6.07) is -1.79. The number of rotatable bonds is 3. The Labute approximate surface area is 169 Å². The van der Waals surface area contributed by atoms with Crippen LogP contribution in [0.4, 0.5) is 4.79 Å². The molecule has 0 saturated carbocycles. The van der Waals surface area contributed by atoms with Crippen LogP contribution in [-0.4, -0.2) is 54.1 Å². The summed E-state index contributed by atoms with van der Waals surface area (Å²) in [4.78, 5) is 39.9. The minimum absolute atomic E-state index is 0.0461. The van der Waals surface area contributed by atoms with Gasteiger partial charge < -0.3 is 20.3 Å². The second-order valence-corrected chi connectivity index (χ2v) is 11.0. The average Bonchev–Trinajstić information content (AvgIpc) is 2.93. The summed E-state index contributed by atoms with van der Waals surface area (Å²) in [7, 11) is 1.34. The third-order valence-electron chi connectivity index (χ3n) is 5.16. The van der Waals surface area contributed by atoms with Gasteiger partial charge in [0.15, 0.2) is 0 Å². The molecule has 0 spiro atoms. The second kappa shape index (κ2) is 8.29. The van der Waals surface area contributed by atoms with Crippen LogP contribution < -0.4 is 10.6 Å². The van der Waals surface area contributed by atoms with E-state index < -0.39 is 35.0 Å². The molecule has 1 unspecified atom stereocenters. The molecule has 0 bridgehead atoms. The predicted octanol–water partition coefficient (Wildman–Crippen LogP) is 2.94. The first-order chi connectivity index (χ1) is 12.5. The van der Waals surface area contributed by atoms with E-state index in [4.69, 9.17) is 4.74 Å². The van der Waals surface area contributed by atoms with Gasteiger partial charge in [-0.1, -0.05) is 41.5 Å². The maximum Gasteiger partial charge on any atom is 0.328 e. The minimum atomic E-state index is -0.763. The van der Waals surface area contributed by atoms with Gasteiger partial charge in [-0.25, -0.2) is 9.59 Å². The monoisotopic (exact) mass is 397 g/mol. The van der Waals surface area contributed by atoms with E-state index in [1.165, 1.54) is 7.11 Å². The Balaban J connectivity index is 3.14. The number of carbonyl (C=O) groups excluding carboxylic acids is 3. The molecule has 0 aliphatic carbocycles. The maximum atomic E-state index is 13.5. The van der Waals surface area contributed by atoms with Gasteiger partial charge in [-0.05, 0) is 43.9 Å². The van der Waals surface area contributed by atoms with Crippen LogP contribution in [0.15, 0.2) is 0 Å². The van der Waals surface area contributed by atoms with Crippen molar-refractivity contribution in [2.45, 2.75) is 86.4 Å². The van der Waals surface area contributed by atoms with E-state index in [1.54, 1.807) is 4.90 Å². The zero-order valence-corrected chi connectivity index (χ0v) is 19.2. The van der Waals surface area contributed by atoms with Gasteiger partial charge in [-0.2, -0.15) is 0 Å². The van der Waals surface area contributed by atoms with Crippen molar-refractivity contribution < 1.29 is 19.1 Å². The second-order valence-electron chi connectivity index (χ2n) is 11.0. The Kier molecular flexibility index (Phi) is 7.18. The van der Waals surface area contributed by atoms with Crippen LogP contribution in [-0.2, 0) is 14.3 Å². The number of nitrogens with one attached hydrogen (secondary N) is 2. The number of amides is 3. The number of nitrogens with zero attached hydrogens (tertiary/aromatic N) is 1. The summed E-state index contributed by atoms with van der Waals surface area (Å²) >= 11 is 0. The molecule has 1 fully saturated rings. The number of esters is 1. The summed E-state index contributed by atoms with van der Waals surface area (Å²) in [5, 5.41) is 5.66. The van der Waals surface area contributed by atoms with Crippen LogP contribution in [0.3, 0.4) is 0 Å². The lowest BCUT2D eigenvalue weighted by Gasteiger charge is -2.36. The molecule has 1 heterocycles. The molecule has 2 N–H and O–H groups in total. The zero-order chi connectivity index (χ0) is 22.1. The molecule has 7 heteroatoms. The first kappa shape index (κ1) is 24.2. The highest BCUT2D eigenvalue weighted by molar-refractivity contribution is 5.91. The van der Waals surface area contributed by atoms with Crippen molar-refractivity contribution in [3.8, 4) is 0 Å². The molecule has 1 aliphatic rings. The number of methoxy groups -OCH3 is 1. The molecule has 3 amide bonds. The third-order valence-corrected chi connectivity index (χ3v) is 5.16. The fourth-order valence-corrected chi connectivity index (χ4v) is 3.39. The molecule has 1 saturated heterocycles. The molecule has 0 aromatic rings. The van der Waals surface area contributed by atoms with Crippen LogP contribution in [0.2, 0.25) is 0 Å². The van der Waals surface area contributed by atoms with Gasteiger partial charge in [0.05, 0.1) is 7.11 Å². The van der Waals surface area contributed by atoms with Crippen LogP contribution in [0, 0.1) is 16.7 Å². The van der Waals surface area contributed by atoms with Gasteiger partial charge in [0, 0.05) is 12.1 Å². The third kappa shape index (κ3) is 6.38. The molecule has 7 nitrogen and oxygen atoms in total. The molecule has 1 aliphatic heterocycles. The van der Waals surface area contributed by atoms with Gasteiger partial charge in [0.1, 0.15) is 12.1 Å². The van der Waals surface area contributed by atoms with Crippen LogP contribution >= 0.6 is 0 Å². The fraction of sp³-hybridized carbons (Fsp3) is 0.857. The van der Waals surface area contributed by atoms with Crippen molar-refractivity contribution in [2.24, 2.45) is 16.7 Å². The molecule has 0 aromatic carbocycles. The maximum absolute atomic E-state index is 13.5. The molecular weight excluding hydrogens is 358 g/mol. The predicted molar refractivity (Wildman–Crippen MR) is 110 cm³/mol. The Bertz CT molecular complexity index is 596. The lowest BCUT2D eigenvalue weighted by molar-refractivity contribution is -0.152. The smallest absolute Gasteiger partial charge is 0.328 e. The van der Waals surface area contributed by atoms with E-state index in [2.05, 4.69) is 31.4 Å². The molecule has 0 radical (unpaired) electrons. The summed E-state index contributed by atoms with van der Waals surface area (Å²) in [5.74, 6) is -0.491. The van der Waals surface area contributed by atoms with Gasteiger partial charge in [-0.15, -0.1) is 0 Å². The quantitative estimate of drug-likeness (QED) is 0.717. The minimum Gasteiger partial charge on any atom is -0.467 e. The van der Waals surface area contributed by atoms with Gasteiger partial charge in [0.25, 0.3) is 0 Å². The summed E-state index contributed by atoms with van der Waals surface area (Å²) in [5.41, 5.74) is -0.989. The van der Waals surface area contributed by atoms with Gasteiger partial charge in [0.2, 0.25) is 5.91 Å². The van der Waals surface area contributed by atoms with Gasteiger partial charge in [-0.3, -0.25) is 4.79 Å².